The molecule has 2 aromatic carbocycles. The van der Waals surface area contributed by atoms with Gasteiger partial charge in [-0.15, -0.1) is 0 Å². The van der Waals surface area contributed by atoms with Crippen molar-refractivity contribution in [3.05, 3.63) is 58.6 Å². The van der Waals surface area contributed by atoms with Crippen LogP contribution in [0.25, 0.3) is 0 Å². The molecule has 0 spiro atoms. The molecule has 1 aliphatic heterocycles. The summed E-state index contributed by atoms with van der Waals surface area (Å²) < 4.78 is 5.53. The first-order chi connectivity index (χ1) is 12.6. The molecule has 0 aliphatic carbocycles. The number of likely N-dealkylation sites (tertiary alicyclic amines) is 1. The number of ether oxygens (including phenoxy) is 1. The van der Waals surface area contributed by atoms with Crippen LogP contribution in [0, 0.1) is 6.92 Å². The van der Waals surface area contributed by atoms with Gasteiger partial charge in [0.2, 0.25) is 0 Å². The molecule has 26 heavy (non-hydrogen) atoms. The summed E-state index contributed by atoms with van der Waals surface area (Å²) >= 11 is 5.99. The molecule has 0 radical (unpaired) electrons. The molecule has 0 bridgehead atoms. The van der Waals surface area contributed by atoms with Crippen LogP contribution < -0.4 is 15.0 Å². The summed E-state index contributed by atoms with van der Waals surface area (Å²) in [5.74, 6) is 0.467. The summed E-state index contributed by atoms with van der Waals surface area (Å²) in [6.07, 6.45) is 4.03. The summed E-state index contributed by atoms with van der Waals surface area (Å²) in [4.78, 5) is 13.7. The maximum atomic E-state index is 12.1. The van der Waals surface area contributed by atoms with E-state index in [1.54, 1.807) is 17.0 Å². The van der Waals surface area contributed by atoms with Gasteiger partial charge in [-0.05, 0) is 62.1 Å². The normalized spacial score (nSPS) is 14.8. The fraction of sp³-hybridized carbons (Fsp3) is 0.381. The van der Waals surface area contributed by atoms with Crippen molar-refractivity contribution >= 4 is 23.2 Å². The lowest BCUT2D eigenvalue weighted by Crippen LogP contribution is -3.11. The van der Waals surface area contributed by atoms with Crippen molar-refractivity contribution in [1.29, 1.82) is 0 Å². The number of aryl methyl sites for hydroxylation is 1. The van der Waals surface area contributed by atoms with Crippen molar-refractivity contribution in [3.63, 3.8) is 0 Å². The zero-order chi connectivity index (χ0) is 18.4. The number of carbonyl (C=O) groups is 1. The molecular formula is C21H26ClN2O2+. The Bertz CT molecular complexity index is 740. The third kappa shape index (κ3) is 5.48. The smallest absolute Gasteiger partial charge is 0.262 e. The quantitative estimate of drug-likeness (QED) is 0.816. The zero-order valence-corrected chi connectivity index (χ0v) is 15.9. The van der Waals surface area contributed by atoms with Crippen LogP contribution >= 0.6 is 11.6 Å². The van der Waals surface area contributed by atoms with Gasteiger partial charge in [-0.1, -0.05) is 23.7 Å². The fourth-order valence-corrected chi connectivity index (χ4v) is 3.39. The zero-order valence-electron chi connectivity index (χ0n) is 15.2. The SMILES string of the molecule is Cc1cc(OCC(=O)Nc2ccc(C[NH+]3CCCCC3)cc2)ccc1Cl. The van der Waals surface area contributed by atoms with Gasteiger partial charge in [0.25, 0.3) is 5.91 Å². The Hall–Kier alpha value is -2.04. The lowest BCUT2D eigenvalue weighted by molar-refractivity contribution is -0.918. The third-order valence-corrected chi connectivity index (χ3v) is 5.18. The molecule has 0 atom stereocenters. The number of halogens is 1. The lowest BCUT2D eigenvalue weighted by atomic mass is 10.1. The molecule has 1 fully saturated rings. The van der Waals surface area contributed by atoms with Crippen molar-refractivity contribution in [2.75, 3.05) is 25.0 Å². The van der Waals surface area contributed by atoms with Gasteiger partial charge in [0.15, 0.2) is 6.61 Å². The molecule has 1 saturated heterocycles. The number of piperidine rings is 1. The number of amides is 1. The number of rotatable bonds is 6. The average molecular weight is 374 g/mol. The van der Waals surface area contributed by atoms with Crippen molar-refractivity contribution < 1.29 is 14.4 Å². The van der Waals surface area contributed by atoms with Crippen molar-refractivity contribution in [2.45, 2.75) is 32.7 Å². The number of anilines is 1. The van der Waals surface area contributed by atoms with E-state index in [-0.39, 0.29) is 12.5 Å². The summed E-state index contributed by atoms with van der Waals surface area (Å²) in [5, 5.41) is 3.56. The second-order valence-electron chi connectivity index (χ2n) is 6.93. The van der Waals surface area contributed by atoms with Crippen molar-refractivity contribution in [2.24, 2.45) is 0 Å². The second kappa shape index (κ2) is 9.06. The first-order valence-electron chi connectivity index (χ1n) is 9.21. The van der Waals surface area contributed by atoms with Crippen LogP contribution in [0.3, 0.4) is 0 Å². The minimum absolute atomic E-state index is 0.0270. The molecule has 0 aromatic heterocycles. The van der Waals surface area contributed by atoms with Crippen LogP contribution in [0.15, 0.2) is 42.5 Å². The molecule has 2 aromatic rings. The van der Waals surface area contributed by atoms with E-state index >= 15 is 0 Å². The van der Waals surface area contributed by atoms with Gasteiger partial charge in [0.05, 0.1) is 13.1 Å². The van der Waals surface area contributed by atoms with Gasteiger partial charge in [0, 0.05) is 16.3 Å². The van der Waals surface area contributed by atoms with E-state index in [2.05, 4.69) is 17.4 Å². The Labute approximate surface area is 160 Å². The highest BCUT2D eigenvalue weighted by Crippen LogP contribution is 2.21. The Morgan fingerprint density at radius 2 is 1.85 bits per heavy atom. The van der Waals surface area contributed by atoms with Crippen LogP contribution in [0.2, 0.25) is 5.02 Å². The standard InChI is InChI=1S/C21H25ClN2O2/c1-16-13-19(9-10-20(16)22)26-15-21(25)23-18-7-5-17(6-8-18)14-24-11-3-2-4-12-24/h5-10,13H,2-4,11-12,14-15H2,1H3,(H,23,25)/p+1. The van der Waals surface area contributed by atoms with E-state index in [4.69, 9.17) is 16.3 Å². The monoisotopic (exact) mass is 373 g/mol. The Kier molecular flexibility index (Phi) is 6.53. The molecule has 0 unspecified atom stereocenters. The first-order valence-corrected chi connectivity index (χ1v) is 9.59. The Morgan fingerprint density at radius 1 is 1.12 bits per heavy atom. The molecule has 1 aliphatic rings. The van der Waals surface area contributed by atoms with Crippen molar-refractivity contribution in [3.8, 4) is 5.75 Å². The van der Waals surface area contributed by atoms with Crippen LogP contribution in [0.5, 0.6) is 5.75 Å². The molecule has 4 nitrogen and oxygen atoms in total. The predicted octanol–water partition coefficient (Wildman–Crippen LogP) is 3.23. The topological polar surface area (TPSA) is 42.8 Å². The number of hydrogen-bond donors (Lipinski definition) is 2. The number of hydrogen-bond acceptors (Lipinski definition) is 2. The summed E-state index contributed by atoms with van der Waals surface area (Å²) in [6, 6.07) is 13.5. The number of carbonyl (C=O) groups excluding carboxylic acids is 1. The molecule has 0 saturated carbocycles. The number of nitrogens with one attached hydrogen (secondary N) is 2. The minimum atomic E-state index is -0.174. The maximum absolute atomic E-state index is 12.1. The highest BCUT2D eigenvalue weighted by molar-refractivity contribution is 6.31. The maximum Gasteiger partial charge on any atom is 0.262 e. The minimum Gasteiger partial charge on any atom is -0.484 e. The first kappa shape index (κ1) is 18.7. The molecule has 5 heteroatoms. The van der Waals surface area contributed by atoms with Crippen LogP contribution in [-0.4, -0.2) is 25.6 Å². The van der Waals surface area contributed by atoms with Gasteiger partial charge in [-0.2, -0.15) is 0 Å². The second-order valence-corrected chi connectivity index (χ2v) is 7.34. The average Bonchev–Trinajstić information content (AvgIpc) is 2.65. The van der Waals surface area contributed by atoms with Gasteiger partial charge >= 0.3 is 0 Å². The van der Waals surface area contributed by atoms with Crippen molar-refractivity contribution in [1.82, 2.24) is 0 Å². The summed E-state index contributed by atoms with van der Waals surface area (Å²) in [7, 11) is 0. The van der Waals surface area contributed by atoms with E-state index < -0.39 is 0 Å². The van der Waals surface area contributed by atoms with Crippen LogP contribution in [0.4, 0.5) is 5.69 Å². The number of quaternary nitrogens is 1. The molecular weight excluding hydrogens is 348 g/mol. The highest BCUT2D eigenvalue weighted by atomic mass is 35.5. The Balaban J connectivity index is 1.47. The third-order valence-electron chi connectivity index (χ3n) is 4.75. The fourth-order valence-electron chi connectivity index (χ4n) is 3.28. The molecule has 3 rings (SSSR count). The van der Waals surface area contributed by atoms with E-state index in [9.17, 15) is 4.79 Å². The predicted molar refractivity (Wildman–Crippen MR) is 105 cm³/mol. The largest absolute Gasteiger partial charge is 0.484 e. The van der Waals surface area contributed by atoms with Crippen LogP contribution in [0.1, 0.15) is 30.4 Å². The summed E-state index contributed by atoms with van der Waals surface area (Å²) in [6.45, 7) is 5.47. The van der Waals surface area contributed by atoms with Gasteiger partial charge in [0.1, 0.15) is 12.3 Å². The molecule has 2 N–H and O–H groups in total. The molecule has 1 amide bonds. The summed E-state index contributed by atoms with van der Waals surface area (Å²) in [5.41, 5.74) is 3.03. The van der Waals surface area contributed by atoms with E-state index in [1.165, 1.54) is 37.9 Å². The van der Waals surface area contributed by atoms with E-state index in [0.29, 0.717) is 10.8 Å². The molecule has 1 heterocycles. The van der Waals surface area contributed by atoms with E-state index in [1.807, 2.05) is 25.1 Å². The Morgan fingerprint density at radius 3 is 2.54 bits per heavy atom. The van der Waals surface area contributed by atoms with Gasteiger partial charge in [-0.25, -0.2) is 0 Å². The van der Waals surface area contributed by atoms with Gasteiger partial charge in [-0.3, -0.25) is 4.79 Å². The van der Waals surface area contributed by atoms with E-state index in [0.717, 1.165) is 17.8 Å². The van der Waals surface area contributed by atoms with Gasteiger partial charge < -0.3 is 15.0 Å². The van der Waals surface area contributed by atoms with Crippen LogP contribution in [-0.2, 0) is 11.3 Å². The highest BCUT2D eigenvalue weighted by Gasteiger charge is 2.13. The molecule has 138 valence electrons. The lowest BCUT2D eigenvalue weighted by Gasteiger charge is -2.23. The number of benzene rings is 2.